The first kappa shape index (κ1) is 14.2. The fraction of sp³-hybridized carbons (Fsp3) is 0.583. The van der Waals surface area contributed by atoms with Gasteiger partial charge >= 0.3 is 5.97 Å². The predicted molar refractivity (Wildman–Crippen MR) is 68.3 cm³/mol. The van der Waals surface area contributed by atoms with E-state index in [2.05, 4.69) is 5.32 Å². The van der Waals surface area contributed by atoms with Crippen molar-refractivity contribution in [3.8, 4) is 0 Å². The van der Waals surface area contributed by atoms with Crippen molar-refractivity contribution in [1.82, 2.24) is 5.32 Å². The first-order chi connectivity index (χ1) is 7.94. The van der Waals surface area contributed by atoms with Crippen LogP contribution in [0.25, 0.3) is 0 Å². The number of nitrogens with one attached hydrogen (secondary N) is 1. The lowest BCUT2D eigenvalue weighted by Gasteiger charge is -2.26. The SMILES string of the molecule is COC(C)(C)CC(NCc1cccs1)C(=O)O. The largest absolute Gasteiger partial charge is 0.480 e. The summed E-state index contributed by atoms with van der Waals surface area (Å²) in [4.78, 5) is 12.3. The third-order valence-electron chi connectivity index (χ3n) is 2.65. The molecule has 4 nitrogen and oxygen atoms in total. The minimum absolute atomic E-state index is 0.435. The van der Waals surface area contributed by atoms with Crippen molar-refractivity contribution >= 4 is 17.3 Å². The van der Waals surface area contributed by atoms with E-state index in [1.165, 1.54) is 0 Å². The second kappa shape index (κ2) is 6.14. The van der Waals surface area contributed by atoms with Crippen LogP contribution in [-0.4, -0.2) is 29.8 Å². The second-order valence-electron chi connectivity index (χ2n) is 4.52. The van der Waals surface area contributed by atoms with Gasteiger partial charge in [0.25, 0.3) is 0 Å². The molecule has 17 heavy (non-hydrogen) atoms. The topological polar surface area (TPSA) is 58.6 Å². The molecule has 0 aliphatic carbocycles. The number of ether oxygens (including phenoxy) is 1. The maximum Gasteiger partial charge on any atom is 0.320 e. The van der Waals surface area contributed by atoms with Crippen LogP contribution in [0.4, 0.5) is 0 Å². The molecular weight excluding hydrogens is 238 g/mol. The van der Waals surface area contributed by atoms with Crippen LogP contribution in [-0.2, 0) is 16.1 Å². The minimum Gasteiger partial charge on any atom is -0.480 e. The lowest BCUT2D eigenvalue weighted by Crippen LogP contribution is -2.42. The summed E-state index contributed by atoms with van der Waals surface area (Å²) in [5, 5.41) is 14.2. The van der Waals surface area contributed by atoms with Crippen LogP contribution in [0.1, 0.15) is 25.1 Å². The highest BCUT2D eigenvalue weighted by Gasteiger charge is 2.27. The van der Waals surface area contributed by atoms with E-state index in [4.69, 9.17) is 9.84 Å². The van der Waals surface area contributed by atoms with Crippen molar-refractivity contribution in [3.63, 3.8) is 0 Å². The van der Waals surface area contributed by atoms with E-state index in [9.17, 15) is 4.79 Å². The number of carbonyl (C=O) groups is 1. The van der Waals surface area contributed by atoms with E-state index in [1.54, 1.807) is 18.4 Å². The highest BCUT2D eigenvalue weighted by molar-refractivity contribution is 7.09. The number of aliphatic carboxylic acids is 1. The van der Waals surface area contributed by atoms with Crippen LogP contribution >= 0.6 is 11.3 Å². The molecule has 0 fully saturated rings. The summed E-state index contributed by atoms with van der Waals surface area (Å²) in [6.07, 6.45) is 0.435. The van der Waals surface area contributed by atoms with Crippen LogP contribution in [0.3, 0.4) is 0 Å². The van der Waals surface area contributed by atoms with E-state index in [1.807, 2.05) is 31.4 Å². The molecule has 1 heterocycles. The minimum atomic E-state index is -0.841. The van der Waals surface area contributed by atoms with Gasteiger partial charge in [0.1, 0.15) is 6.04 Å². The Hall–Kier alpha value is -0.910. The van der Waals surface area contributed by atoms with Gasteiger partial charge in [0.15, 0.2) is 0 Å². The van der Waals surface area contributed by atoms with Crippen molar-refractivity contribution in [3.05, 3.63) is 22.4 Å². The number of carboxylic acids is 1. The monoisotopic (exact) mass is 257 g/mol. The molecule has 0 bridgehead atoms. The Kier molecular flexibility index (Phi) is 5.11. The molecule has 5 heteroatoms. The third-order valence-corrected chi connectivity index (χ3v) is 3.53. The molecule has 0 saturated carbocycles. The van der Waals surface area contributed by atoms with E-state index in [-0.39, 0.29) is 0 Å². The van der Waals surface area contributed by atoms with E-state index in [0.29, 0.717) is 13.0 Å². The van der Waals surface area contributed by atoms with Gasteiger partial charge in [-0.1, -0.05) is 6.07 Å². The van der Waals surface area contributed by atoms with Gasteiger partial charge in [0, 0.05) is 25.0 Å². The molecule has 1 rings (SSSR count). The van der Waals surface area contributed by atoms with Gasteiger partial charge in [-0.15, -0.1) is 11.3 Å². The van der Waals surface area contributed by atoms with Crippen LogP contribution in [0.5, 0.6) is 0 Å². The fourth-order valence-corrected chi connectivity index (χ4v) is 2.11. The van der Waals surface area contributed by atoms with Crippen molar-refractivity contribution in [2.45, 2.75) is 38.5 Å². The number of thiophene rings is 1. The summed E-state index contributed by atoms with van der Waals surface area (Å²) in [7, 11) is 1.60. The van der Waals surface area contributed by atoms with Gasteiger partial charge in [0.05, 0.1) is 5.60 Å². The number of hydrogen-bond acceptors (Lipinski definition) is 4. The molecule has 0 saturated heterocycles. The standard InChI is InChI=1S/C12H19NO3S/c1-12(2,16-3)7-10(11(14)15)13-8-9-5-4-6-17-9/h4-6,10,13H,7-8H2,1-3H3,(H,14,15). The molecular formula is C12H19NO3S. The summed E-state index contributed by atoms with van der Waals surface area (Å²) < 4.78 is 5.25. The van der Waals surface area contributed by atoms with Crippen LogP contribution < -0.4 is 5.32 Å². The molecule has 0 aliphatic heterocycles. The number of carboxylic acid groups (broad SMARTS) is 1. The average Bonchev–Trinajstić information content (AvgIpc) is 2.76. The number of rotatable bonds is 7. The molecule has 0 aliphatic rings. The Labute approximate surface area is 106 Å². The normalized spacial score (nSPS) is 13.6. The van der Waals surface area contributed by atoms with Gasteiger partial charge < -0.3 is 9.84 Å². The maximum atomic E-state index is 11.1. The van der Waals surface area contributed by atoms with Crippen LogP contribution in [0.15, 0.2) is 17.5 Å². The first-order valence-electron chi connectivity index (χ1n) is 5.48. The smallest absolute Gasteiger partial charge is 0.320 e. The van der Waals surface area contributed by atoms with E-state index < -0.39 is 17.6 Å². The van der Waals surface area contributed by atoms with Gasteiger partial charge in [-0.05, 0) is 25.3 Å². The maximum absolute atomic E-state index is 11.1. The quantitative estimate of drug-likeness (QED) is 0.785. The molecule has 0 spiro atoms. The lowest BCUT2D eigenvalue weighted by molar-refractivity contribution is -0.141. The summed E-state index contributed by atoms with van der Waals surface area (Å²) >= 11 is 1.61. The Balaban J connectivity index is 2.52. The molecule has 1 atom stereocenters. The number of methoxy groups -OCH3 is 1. The Morgan fingerprint density at radius 3 is 2.82 bits per heavy atom. The zero-order chi connectivity index (χ0) is 12.9. The van der Waals surface area contributed by atoms with Gasteiger partial charge in [0.2, 0.25) is 0 Å². The molecule has 0 aromatic carbocycles. The lowest BCUT2D eigenvalue weighted by atomic mass is 9.99. The highest BCUT2D eigenvalue weighted by Crippen LogP contribution is 2.16. The fourth-order valence-electron chi connectivity index (χ4n) is 1.46. The Bertz CT molecular complexity index is 349. The van der Waals surface area contributed by atoms with Gasteiger partial charge in [-0.25, -0.2) is 0 Å². The molecule has 1 aromatic rings. The van der Waals surface area contributed by atoms with Crippen molar-refractivity contribution < 1.29 is 14.6 Å². The second-order valence-corrected chi connectivity index (χ2v) is 5.55. The predicted octanol–water partition coefficient (Wildman–Crippen LogP) is 2.11. The highest BCUT2D eigenvalue weighted by atomic mass is 32.1. The Morgan fingerprint density at radius 2 is 2.35 bits per heavy atom. The summed E-state index contributed by atoms with van der Waals surface area (Å²) in [5.41, 5.74) is -0.439. The molecule has 96 valence electrons. The third kappa shape index (κ3) is 4.85. The van der Waals surface area contributed by atoms with E-state index >= 15 is 0 Å². The molecule has 0 radical (unpaired) electrons. The summed E-state index contributed by atoms with van der Waals surface area (Å²) in [5.74, 6) is -0.841. The van der Waals surface area contributed by atoms with Gasteiger partial charge in [-0.2, -0.15) is 0 Å². The van der Waals surface area contributed by atoms with Crippen molar-refractivity contribution in [2.24, 2.45) is 0 Å². The van der Waals surface area contributed by atoms with Gasteiger partial charge in [-0.3, -0.25) is 10.1 Å². The van der Waals surface area contributed by atoms with Crippen molar-refractivity contribution in [1.29, 1.82) is 0 Å². The zero-order valence-electron chi connectivity index (χ0n) is 10.4. The number of hydrogen-bond donors (Lipinski definition) is 2. The first-order valence-corrected chi connectivity index (χ1v) is 6.36. The van der Waals surface area contributed by atoms with E-state index in [0.717, 1.165) is 4.88 Å². The summed E-state index contributed by atoms with van der Waals surface area (Å²) in [6, 6.07) is 3.35. The molecule has 1 unspecified atom stereocenters. The molecule has 0 amide bonds. The Morgan fingerprint density at radius 1 is 1.65 bits per heavy atom. The molecule has 1 aromatic heterocycles. The van der Waals surface area contributed by atoms with Crippen LogP contribution in [0, 0.1) is 0 Å². The molecule has 2 N–H and O–H groups in total. The average molecular weight is 257 g/mol. The van der Waals surface area contributed by atoms with Crippen molar-refractivity contribution in [2.75, 3.05) is 7.11 Å². The zero-order valence-corrected chi connectivity index (χ0v) is 11.2. The summed E-state index contributed by atoms with van der Waals surface area (Å²) in [6.45, 7) is 4.35. The van der Waals surface area contributed by atoms with Crippen LogP contribution in [0.2, 0.25) is 0 Å².